The predicted molar refractivity (Wildman–Crippen MR) is 107 cm³/mol. The van der Waals surface area contributed by atoms with Gasteiger partial charge in [-0.2, -0.15) is 4.39 Å². The average Bonchev–Trinajstić information content (AvgIpc) is 2.96. The molecule has 0 radical (unpaired) electrons. The van der Waals surface area contributed by atoms with Crippen molar-refractivity contribution in [2.24, 2.45) is 0 Å². The molecule has 3 amide bonds. The number of fused-ring (bicyclic) bond motifs is 1. The van der Waals surface area contributed by atoms with Crippen LogP contribution in [0.5, 0.6) is 0 Å². The molecule has 1 aliphatic heterocycles. The summed E-state index contributed by atoms with van der Waals surface area (Å²) in [6, 6.07) is 8.67. The molecule has 2 aromatic rings. The van der Waals surface area contributed by atoms with Crippen molar-refractivity contribution in [1.82, 2.24) is 9.80 Å². The molecule has 1 atom stereocenters. The number of amides is 3. The Morgan fingerprint density at radius 3 is 2.26 bits per heavy atom. The lowest BCUT2D eigenvalue weighted by molar-refractivity contribution is -0.387. The number of carbonyl (C=O) groups is 3. The fourth-order valence-corrected chi connectivity index (χ4v) is 3.38. The zero-order chi connectivity index (χ0) is 22.9. The summed E-state index contributed by atoms with van der Waals surface area (Å²) in [5, 5.41) is 21.5. The summed E-state index contributed by atoms with van der Waals surface area (Å²) in [5.74, 6) is -2.78. The molecule has 0 saturated carbocycles. The first-order valence-electron chi connectivity index (χ1n) is 9.50. The zero-order valence-corrected chi connectivity index (χ0v) is 16.8. The number of benzene rings is 2. The molecule has 162 valence electrons. The Bertz CT molecular complexity index is 1040. The second-order valence-corrected chi connectivity index (χ2v) is 7.39. The number of aliphatic hydroxyl groups excluding tert-OH is 1. The van der Waals surface area contributed by atoms with Gasteiger partial charge in [0.25, 0.3) is 17.7 Å². The summed E-state index contributed by atoms with van der Waals surface area (Å²) >= 11 is 0. The fourth-order valence-electron chi connectivity index (χ4n) is 3.38. The Morgan fingerprint density at radius 2 is 1.74 bits per heavy atom. The summed E-state index contributed by atoms with van der Waals surface area (Å²) in [5.41, 5.74) is -0.457. The highest BCUT2D eigenvalue weighted by molar-refractivity contribution is 6.21. The quantitative estimate of drug-likeness (QED) is 0.409. The number of halogens is 1. The van der Waals surface area contributed by atoms with Crippen LogP contribution in [0.15, 0.2) is 42.5 Å². The van der Waals surface area contributed by atoms with Crippen LogP contribution in [0.1, 0.15) is 44.9 Å². The third-order valence-electron chi connectivity index (χ3n) is 4.95. The summed E-state index contributed by atoms with van der Waals surface area (Å²) in [7, 11) is 0. The number of aliphatic hydroxyl groups is 1. The molecule has 2 aromatic carbocycles. The molecular formula is C21H20FN3O6. The number of β-amino-alcohol motifs (C(OH)–C–C–N with tert-alkyl or cyclic N) is 1. The molecule has 31 heavy (non-hydrogen) atoms. The Kier molecular flexibility index (Phi) is 6.11. The number of nitrogens with zero attached hydrogens (tertiary/aromatic N) is 3. The molecule has 9 nitrogen and oxygen atoms in total. The van der Waals surface area contributed by atoms with Crippen molar-refractivity contribution in [2.75, 3.05) is 13.1 Å². The van der Waals surface area contributed by atoms with E-state index >= 15 is 0 Å². The number of imide groups is 1. The van der Waals surface area contributed by atoms with Crippen LogP contribution in [0.2, 0.25) is 0 Å². The number of hydrogen-bond donors (Lipinski definition) is 1. The van der Waals surface area contributed by atoms with Gasteiger partial charge in [-0.1, -0.05) is 12.1 Å². The molecule has 0 fully saturated rings. The molecule has 3 rings (SSSR count). The van der Waals surface area contributed by atoms with Crippen LogP contribution in [0.25, 0.3) is 0 Å². The largest absolute Gasteiger partial charge is 0.389 e. The lowest BCUT2D eigenvalue weighted by Gasteiger charge is -2.30. The lowest BCUT2D eigenvalue weighted by Crippen LogP contribution is -2.46. The second-order valence-electron chi connectivity index (χ2n) is 7.39. The Morgan fingerprint density at radius 1 is 1.16 bits per heavy atom. The molecule has 0 saturated heterocycles. The Hall–Kier alpha value is -3.66. The van der Waals surface area contributed by atoms with Gasteiger partial charge in [0, 0.05) is 24.2 Å². The van der Waals surface area contributed by atoms with Gasteiger partial charge in [0.1, 0.15) is 0 Å². The molecule has 1 unspecified atom stereocenters. The summed E-state index contributed by atoms with van der Waals surface area (Å²) in [6.45, 7) is 2.77. The number of nitro groups is 1. The summed E-state index contributed by atoms with van der Waals surface area (Å²) in [6.07, 6.45) is -1.26. The maximum Gasteiger partial charge on any atom is 0.305 e. The minimum Gasteiger partial charge on any atom is -0.389 e. The van der Waals surface area contributed by atoms with Gasteiger partial charge in [0.2, 0.25) is 5.82 Å². The number of rotatable bonds is 7. The van der Waals surface area contributed by atoms with Crippen LogP contribution < -0.4 is 0 Å². The zero-order valence-electron chi connectivity index (χ0n) is 16.8. The summed E-state index contributed by atoms with van der Waals surface area (Å²) in [4.78, 5) is 50.0. The van der Waals surface area contributed by atoms with E-state index in [0.29, 0.717) is 0 Å². The first kappa shape index (κ1) is 22.0. The first-order chi connectivity index (χ1) is 14.6. The van der Waals surface area contributed by atoms with Crippen molar-refractivity contribution >= 4 is 23.4 Å². The molecule has 0 aromatic heterocycles. The van der Waals surface area contributed by atoms with Gasteiger partial charge < -0.3 is 10.0 Å². The Labute approximate surface area is 176 Å². The SMILES string of the molecule is CC(C)N(CC(O)CN1C(=O)c2ccccc2C1=O)C(=O)c1ccc(F)c([N+](=O)[O-])c1. The summed E-state index contributed by atoms with van der Waals surface area (Å²) < 4.78 is 13.6. The smallest absolute Gasteiger partial charge is 0.305 e. The van der Waals surface area contributed by atoms with Crippen molar-refractivity contribution < 1.29 is 28.8 Å². The Balaban J connectivity index is 1.76. The van der Waals surface area contributed by atoms with Gasteiger partial charge >= 0.3 is 5.69 Å². The van der Waals surface area contributed by atoms with Crippen LogP contribution in [0, 0.1) is 15.9 Å². The highest BCUT2D eigenvalue weighted by atomic mass is 19.1. The van der Waals surface area contributed by atoms with E-state index < -0.39 is 46.3 Å². The van der Waals surface area contributed by atoms with Crippen LogP contribution in [-0.2, 0) is 0 Å². The van der Waals surface area contributed by atoms with Crippen LogP contribution in [0.3, 0.4) is 0 Å². The van der Waals surface area contributed by atoms with Crippen LogP contribution in [0.4, 0.5) is 10.1 Å². The lowest BCUT2D eigenvalue weighted by atomic mass is 10.1. The number of hydrogen-bond acceptors (Lipinski definition) is 6. The minimum atomic E-state index is -1.26. The van der Waals surface area contributed by atoms with E-state index in [9.17, 15) is 34.0 Å². The van der Waals surface area contributed by atoms with Gasteiger partial charge in [-0.3, -0.25) is 29.4 Å². The molecule has 0 spiro atoms. The predicted octanol–water partition coefficient (Wildman–Crippen LogP) is 2.24. The minimum absolute atomic E-state index is 0.116. The molecule has 1 aliphatic rings. The molecule has 10 heteroatoms. The number of carbonyl (C=O) groups excluding carboxylic acids is 3. The topological polar surface area (TPSA) is 121 Å². The van der Waals surface area contributed by atoms with E-state index in [0.717, 1.165) is 23.1 Å². The van der Waals surface area contributed by atoms with E-state index in [4.69, 9.17) is 0 Å². The average molecular weight is 429 g/mol. The highest BCUT2D eigenvalue weighted by Gasteiger charge is 2.36. The fraction of sp³-hybridized carbons (Fsp3) is 0.286. The maximum atomic E-state index is 13.6. The van der Waals surface area contributed by atoms with Gasteiger partial charge in [-0.05, 0) is 38.1 Å². The van der Waals surface area contributed by atoms with Gasteiger partial charge in [-0.25, -0.2) is 0 Å². The first-order valence-corrected chi connectivity index (χ1v) is 9.50. The van der Waals surface area contributed by atoms with Gasteiger partial charge in [0.05, 0.1) is 28.7 Å². The van der Waals surface area contributed by atoms with E-state index in [2.05, 4.69) is 0 Å². The van der Waals surface area contributed by atoms with Crippen molar-refractivity contribution in [2.45, 2.75) is 26.0 Å². The molecular weight excluding hydrogens is 409 g/mol. The van der Waals surface area contributed by atoms with Crippen molar-refractivity contribution in [3.63, 3.8) is 0 Å². The molecule has 1 heterocycles. The van der Waals surface area contributed by atoms with Crippen LogP contribution in [-0.4, -0.2) is 62.8 Å². The number of nitro benzene ring substituents is 1. The molecule has 0 bridgehead atoms. The van der Waals surface area contributed by atoms with Gasteiger partial charge in [-0.15, -0.1) is 0 Å². The van der Waals surface area contributed by atoms with E-state index in [-0.39, 0.29) is 29.8 Å². The van der Waals surface area contributed by atoms with E-state index in [1.54, 1.807) is 26.0 Å². The van der Waals surface area contributed by atoms with Crippen molar-refractivity contribution in [3.8, 4) is 0 Å². The monoisotopic (exact) mass is 429 g/mol. The third-order valence-corrected chi connectivity index (χ3v) is 4.95. The normalized spacial score (nSPS) is 14.0. The maximum absolute atomic E-state index is 13.6. The standard InChI is InChI=1S/C21H20FN3O6/c1-12(2)23(19(27)13-7-8-17(22)18(9-13)25(30)31)10-14(26)11-24-20(28)15-5-3-4-6-16(15)21(24)29/h3-9,12,14,26H,10-11H2,1-2H3. The van der Waals surface area contributed by atoms with E-state index in [1.165, 1.54) is 17.0 Å². The van der Waals surface area contributed by atoms with Crippen LogP contribution >= 0.6 is 0 Å². The highest BCUT2D eigenvalue weighted by Crippen LogP contribution is 2.23. The van der Waals surface area contributed by atoms with E-state index in [1.807, 2.05) is 0 Å². The van der Waals surface area contributed by atoms with Gasteiger partial charge in [0.15, 0.2) is 0 Å². The molecule has 1 N–H and O–H groups in total. The second kappa shape index (κ2) is 8.60. The van der Waals surface area contributed by atoms with Crippen molar-refractivity contribution in [1.29, 1.82) is 0 Å². The van der Waals surface area contributed by atoms with Crippen molar-refractivity contribution in [3.05, 3.63) is 75.1 Å². The third kappa shape index (κ3) is 4.29. The molecule has 0 aliphatic carbocycles.